The van der Waals surface area contributed by atoms with Gasteiger partial charge in [0.05, 0.1) is 23.8 Å². The molecule has 0 fully saturated rings. The van der Waals surface area contributed by atoms with Crippen molar-refractivity contribution in [2.75, 3.05) is 6.61 Å². The number of aliphatic hydroxyl groups excluding tert-OH is 1. The second-order valence-corrected chi connectivity index (χ2v) is 6.24. The first-order valence-corrected chi connectivity index (χ1v) is 8.32. The first kappa shape index (κ1) is 16.1. The molecule has 6 heteroatoms. The number of hydrogen-bond donors (Lipinski definition) is 2. The lowest BCUT2D eigenvalue weighted by atomic mass is 10.1. The summed E-state index contributed by atoms with van der Waals surface area (Å²) < 4.78 is 0. The fraction of sp³-hybridized carbons (Fsp3) is 0.167. The van der Waals surface area contributed by atoms with Crippen molar-refractivity contribution in [2.45, 2.75) is 12.5 Å². The highest BCUT2D eigenvalue weighted by Crippen LogP contribution is 2.25. The van der Waals surface area contributed by atoms with Gasteiger partial charge in [-0.1, -0.05) is 30.3 Å². The Balaban J connectivity index is 1.80. The minimum atomic E-state index is -0.373. The van der Waals surface area contributed by atoms with Gasteiger partial charge in [-0.25, -0.2) is 4.98 Å². The molecular formula is C18H15N3O2S. The van der Waals surface area contributed by atoms with Crippen LogP contribution in [-0.4, -0.2) is 28.6 Å². The van der Waals surface area contributed by atoms with Gasteiger partial charge in [-0.05, 0) is 18.1 Å². The van der Waals surface area contributed by atoms with Crippen LogP contribution < -0.4 is 5.32 Å². The van der Waals surface area contributed by atoms with Crippen molar-refractivity contribution in [1.82, 2.24) is 10.3 Å². The molecule has 5 nitrogen and oxygen atoms in total. The van der Waals surface area contributed by atoms with Crippen LogP contribution in [0.2, 0.25) is 0 Å². The molecule has 1 unspecified atom stereocenters. The van der Waals surface area contributed by atoms with Crippen LogP contribution >= 0.6 is 11.3 Å². The van der Waals surface area contributed by atoms with Gasteiger partial charge in [0.15, 0.2) is 0 Å². The van der Waals surface area contributed by atoms with Gasteiger partial charge in [0.2, 0.25) is 0 Å². The second-order valence-electron chi connectivity index (χ2n) is 5.38. The number of benzene rings is 1. The van der Waals surface area contributed by atoms with E-state index in [1.165, 1.54) is 17.5 Å². The molecule has 2 N–H and O–H groups in total. The largest absolute Gasteiger partial charge is 0.394 e. The summed E-state index contributed by atoms with van der Waals surface area (Å²) in [6, 6.07) is 13.0. The first-order valence-electron chi connectivity index (χ1n) is 7.44. The molecule has 1 atom stereocenters. The third-order valence-corrected chi connectivity index (χ3v) is 4.59. The van der Waals surface area contributed by atoms with Gasteiger partial charge in [0.1, 0.15) is 10.9 Å². The Labute approximate surface area is 143 Å². The van der Waals surface area contributed by atoms with E-state index in [1.54, 1.807) is 11.4 Å². The van der Waals surface area contributed by atoms with E-state index in [9.17, 15) is 9.90 Å². The van der Waals surface area contributed by atoms with Crippen LogP contribution in [0.1, 0.15) is 21.5 Å². The van der Waals surface area contributed by atoms with Crippen LogP contribution in [0, 0.1) is 11.3 Å². The molecule has 2 aromatic heterocycles. The molecule has 1 aromatic carbocycles. The van der Waals surface area contributed by atoms with Gasteiger partial charge in [0.25, 0.3) is 5.91 Å². The summed E-state index contributed by atoms with van der Waals surface area (Å²) >= 11 is 1.36. The molecule has 0 saturated carbocycles. The number of fused-ring (bicyclic) bond motifs is 1. The molecule has 1 amide bonds. The van der Waals surface area contributed by atoms with Gasteiger partial charge >= 0.3 is 0 Å². The van der Waals surface area contributed by atoms with Gasteiger partial charge in [0, 0.05) is 17.0 Å². The fourth-order valence-corrected chi connectivity index (χ4v) is 3.35. The Morgan fingerprint density at radius 2 is 2.17 bits per heavy atom. The van der Waals surface area contributed by atoms with Crippen molar-refractivity contribution in [1.29, 1.82) is 5.26 Å². The monoisotopic (exact) mass is 337 g/mol. The van der Waals surface area contributed by atoms with Crippen molar-refractivity contribution in [3.8, 4) is 6.07 Å². The lowest BCUT2D eigenvalue weighted by molar-refractivity contribution is 0.0918. The average molecular weight is 337 g/mol. The van der Waals surface area contributed by atoms with E-state index in [0.717, 1.165) is 5.56 Å². The third-order valence-electron chi connectivity index (χ3n) is 3.68. The zero-order valence-electron chi connectivity index (χ0n) is 12.8. The number of aromatic nitrogens is 1. The van der Waals surface area contributed by atoms with Crippen LogP contribution in [0.25, 0.3) is 10.2 Å². The maximum absolute atomic E-state index is 12.6. The van der Waals surface area contributed by atoms with Gasteiger partial charge in [-0.2, -0.15) is 5.26 Å². The normalized spacial score (nSPS) is 11.8. The molecule has 0 bridgehead atoms. The topological polar surface area (TPSA) is 86.0 Å². The zero-order valence-corrected chi connectivity index (χ0v) is 13.6. The fourth-order valence-electron chi connectivity index (χ4n) is 2.48. The number of carbonyl (C=O) groups is 1. The summed E-state index contributed by atoms with van der Waals surface area (Å²) in [6.07, 6.45) is 2.04. The predicted octanol–water partition coefficient (Wildman–Crippen LogP) is 2.50. The Kier molecular flexibility index (Phi) is 4.85. The summed E-state index contributed by atoms with van der Waals surface area (Å²) in [5.41, 5.74) is 1.93. The number of nitrogens with zero attached hydrogens (tertiary/aromatic N) is 2. The third kappa shape index (κ3) is 3.43. The number of carbonyl (C=O) groups excluding carboxylic acids is 1. The second kappa shape index (κ2) is 7.21. The number of hydrogen-bond acceptors (Lipinski definition) is 5. The van der Waals surface area contributed by atoms with Crippen LogP contribution in [-0.2, 0) is 6.42 Å². The van der Waals surface area contributed by atoms with Crippen LogP contribution in [0.5, 0.6) is 0 Å². The molecular weight excluding hydrogens is 322 g/mol. The molecule has 24 heavy (non-hydrogen) atoms. The van der Waals surface area contributed by atoms with Gasteiger partial charge in [-0.15, -0.1) is 11.3 Å². The van der Waals surface area contributed by atoms with Crippen molar-refractivity contribution in [3.63, 3.8) is 0 Å². The molecule has 120 valence electrons. The highest BCUT2D eigenvalue weighted by Gasteiger charge is 2.17. The smallest absolute Gasteiger partial charge is 0.253 e. The molecule has 3 rings (SSSR count). The lowest BCUT2D eigenvalue weighted by Gasteiger charge is -2.16. The number of rotatable bonds is 5. The first-order chi connectivity index (χ1) is 11.7. The number of aliphatic hydroxyl groups is 1. The van der Waals surface area contributed by atoms with Crippen molar-refractivity contribution in [3.05, 3.63) is 64.7 Å². The average Bonchev–Trinajstić information content (AvgIpc) is 3.05. The molecule has 2 heterocycles. The van der Waals surface area contributed by atoms with Crippen LogP contribution in [0.15, 0.2) is 48.0 Å². The highest BCUT2D eigenvalue weighted by atomic mass is 32.1. The van der Waals surface area contributed by atoms with E-state index in [-0.39, 0.29) is 18.6 Å². The van der Waals surface area contributed by atoms with E-state index < -0.39 is 0 Å². The van der Waals surface area contributed by atoms with Gasteiger partial charge < -0.3 is 10.4 Å². The Hall–Kier alpha value is -2.75. The van der Waals surface area contributed by atoms with Gasteiger partial charge in [-0.3, -0.25) is 4.79 Å². The summed E-state index contributed by atoms with van der Waals surface area (Å²) in [6.45, 7) is -0.148. The standard InChI is InChI=1S/C18H15N3O2S/c19-8-13-7-15-16(11-24-18(15)20-9-13)17(23)21-14(10-22)6-12-4-2-1-3-5-12/h1-5,7,9,11,14,22H,6,10H2,(H,21,23). The van der Waals surface area contributed by atoms with E-state index in [4.69, 9.17) is 5.26 Å². The van der Waals surface area contributed by atoms with Crippen molar-refractivity contribution < 1.29 is 9.90 Å². The molecule has 0 aliphatic heterocycles. The Morgan fingerprint density at radius 1 is 1.38 bits per heavy atom. The minimum Gasteiger partial charge on any atom is -0.394 e. The maximum atomic E-state index is 12.6. The summed E-state index contributed by atoms with van der Waals surface area (Å²) in [5, 5.41) is 23.8. The van der Waals surface area contributed by atoms with E-state index in [1.807, 2.05) is 36.4 Å². The van der Waals surface area contributed by atoms with E-state index in [2.05, 4.69) is 10.3 Å². The minimum absolute atomic E-state index is 0.148. The SMILES string of the molecule is N#Cc1cnc2scc(C(=O)NC(CO)Cc3ccccc3)c2c1. The molecule has 0 spiro atoms. The lowest BCUT2D eigenvalue weighted by Crippen LogP contribution is -2.39. The summed E-state index contributed by atoms with van der Waals surface area (Å²) in [7, 11) is 0. The van der Waals surface area contributed by atoms with Crippen molar-refractivity contribution >= 4 is 27.5 Å². The zero-order chi connectivity index (χ0) is 16.9. The van der Waals surface area contributed by atoms with E-state index in [0.29, 0.717) is 27.8 Å². The molecule has 0 radical (unpaired) electrons. The predicted molar refractivity (Wildman–Crippen MR) is 92.8 cm³/mol. The summed E-state index contributed by atoms with van der Waals surface area (Å²) in [5.74, 6) is -0.270. The number of pyridine rings is 1. The molecule has 0 aliphatic rings. The Morgan fingerprint density at radius 3 is 2.88 bits per heavy atom. The molecule has 3 aromatic rings. The quantitative estimate of drug-likeness (QED) is 0.749. The Bertz CT molecular complexity index is 900. The number of thiophene rings is 1. The molecule has 0 aliphatic carbocycles. The number of nitrogens with one attached hydrogen (secondary N) is 1. The number of amides is 1. The number of nitriles is 1. The highest BCUT2D eigenvalue weighted by molar-refractivity contribution is 7.17. The van der Waals surface area contributed by atoms with Crippen molar-refractivity contribution in [2.24, 2.45) is 0 Å². The van der Waals surface area contributed by atoms with Crippen LogP contribution in [0.3, 0.4) is 0 Å². The van der Waals surface area contributed by atoms with E-state index >= 15 is 0 Å². The molecule has 0 saturated heterocycles. The summed E-state index contributed by atoms with van der Waals surface area (Å²) in [4.78, 5) is 17.5. The van der Waals surface area contributed by atoms with Crippen LogP contribution in [0.4, 0.5) is 0 Å². The maximum Gasteiger partial charge on any atom is 0.253 e.